The van der Waals surface area contributed by atoms with Gasteiger partial charge in [-0.1, -0.05) is 65.7 Å². The van der Waals surface area contributed by atoms with Crippen LogP contribution in [-0.2, 0) is 13.2 Å². The molecule has 1 unspecified atom stereocenters. The maximum Gasteiger partial charge on any atom is 0.161 e. The first-order valence-corrected chi connectivity index (χ1v) is 10.4. The standard InChI is InChI=1S/C24H25Cl2NO2/c1-3-28-24-13-18(15-27-17(2)19-7-5-4-6-8-19)9-12-23(24)29-16-20-10-11-21(25)14-22(20)26/h4-14,17,27H,3,15-16H2,1-2H3. The van der Waals surface area contributed by atoms with Gasteiger partial charge in [-0.05, 0) is 49.2 Å². The predicted octanol–water partition coefficient (Wildman–Crippen LogP) is 6.82. The molecule has 3 aromatic rings. The molecule has 0 bridgehead atoms. The van der Waals surface area contributed by atoms with Gasteiger partial charge in [0.25, 0.3) is 0 Å². The van der Waals surface area contributed by atoms with E-state index in [0.717, 1.165) is 23.4 Å². The molecule has 0 saturated carbocycles. The van der Waals surface area contributed by atoms with Crippen LogP contribution in [0.5, 0.6) is 11.5 Å². The summed E-state index contributed by atoms with van der Waals surface area (Å²) in [5, 5.41) is 4.74. The summed E-state index contributed by atoms with van der Waals surface area (Å²) in [6.07, 6.45) is 0. The molecule has 0 amide bonds. The number of benzene rings is 3. The molecule has 1 atom stereocenters. The molecule has 1 N–H and O–H groups in total. The van der Waals surface area contributed by atoms with Gasteiger partial charge in [0.2, 0.25) is 0 Å². The number of nitrogens with one attached hydrogen (secondary N) is 1. The molecular formula is C24H25Cl2NO2. The van der Waals surface area contributed by atoms with E-state index in [4.69, 9.17) is 32.7 Å². The van der Waals surface area contributed by atoms with E-state index in [1.807, 2.05) is 37.3 Å². The molecule has 0 saturated heterocycles. The van der Waals surface area contributed by atoms with Gasteiger partial charge in [-0.25, -0.2) is 0 Å². The number of halogens is 2. The van der Waals surface area contributed by atoms with Crippen molar-refractivity contribution in [3.05, 3.63) is 93.5 Å². The molecule has 29 heavy (non-hydrogen) atoms. The first-order valence-electron chi connectivity index (χ1n) is 9.67. The van der Waals surface area contributed by atoms with Crippen molar-refractivity contribution in [2.45, 2.75) is 33.0 Å². The van der Waals surface area contributed by atoms with Gasteiger partial charge < -0.3 is 14.8 Å². The first-order chi connectivity index (χ1) is 14.1. The zero-order chi connectivity index (χ0) is 20.6. The lowest BCUT2D eigenvalue weighted by Gasteiger charge is -2.17. The van der Waals surface area contributed by atoms with Gasteiger partial charge >= 0.3 is 0 Å². The molecule has 152 valence electrons. The Hall–Kier alpha value is -2.20. The van der Waals surface area contributed by atoms with E-state index in [1.165, 1.54) is 5.56 Å². The molecule has 0 aliphatic rings. The second-order valence-corrected chi connectivity index (χ2v) is 7.60. The van der Waals surface area contributed by atoms with Crippen molar-refractivity contribution in [3.8, 4) is 11.5 Å². The highest BCUT2D eigenvalue weighted by Gasteiger charge is 2.10. The third-order valence-electron chi connectivity index (χ3n) is 4.62. The molecule has 0 aromatic heterocycles. The number of ether oxygens (including phenoxy) is 2. The number of hydrogen-bond donors (Lipinski definition) is 1. The summed E-state index contributed by atoms with van der Waals surface area (Å²) >= 11 is 12.2. The van der Waals surface area contributed by atoms with Crippen LogP contribution in [0.2, 0.25) is 10.0 Å². The molecule has 5 heteroatoms. The van der Waals surface area contributed by atoms with E-state index < -0.39 is 0 Å². The minimum absolute atomic E-state index is 0.259. The van der Waals surface area contributed by atoms with Crippen molar-refractivity contribution in [2.24, 2.45) is 0 Å². The molecular weight excluding hydrogens is 405 g/mol. The number of hydrogen-bond acceptors (Lipinski definition) is 3. The summed E-state index contributed by atoms with van der Waals surface area (Å²) < 4.78 is 11.8. The van der Waals surface area contributed by atoms with Crippen LogP contribution >= 0.6 is 23.2 Å². The summed E-state index contributed by atoms with van der Waals surface area (Å²) in [7, 11) is 0. The highest BCUT2D eigenvalue weighted by atomic mass is 35.5. The summed E-state index contributed by atoms with van der Waals surface area (Å²) in [6.45, 7) is 5.77. The first kappa shape index (κ1) is 21.5. The van der Waals surface area contributed by atoms with Crippen LogP contribution < -0.4 is 14.8 Å². The van der Waals surface area contributed by atoms with Crippen LogP contribution in [0.4, 0.5) is 0 Å². The van der Waals surface area contributed by atoms with Gasteiger partial charge in [0.1, 0.15) is 6.61 Å². The zero-order valence-corrected chi connectivity index (χ0v) is 18.1. The Labute approximate surface area is 182 Å². The molecule has 3 nitrogen and oxygen atoms in total. The average Bonchev–Trinajstić information content (AvgIpc) is 2.73. The van der Waals surface area contributed by atoms with Gasteiger partial charge in [0.05, 0.1) is 6.61 Å². The van der Waals surface area contributed by atoms with Crippen molar-refractivity contribution in [1.29, 1.82) is 0 Å². The largest absolute Gasteiger partial charge is 0.490 e. The van der Waals surface area contributed by atoms with Crippen LogP contribution in [0, 0.1) is 0 Å². The molecule has 0 aliphatic heterocycles. The SMILES string of the molecule is CCOc1cc(CNC(C)c2ccccc2)ccc1OCc1ccc(Cl)cc1Cl. The van der Waals surface area contributed by atoms with Crippen molar-refractivity contribution >= 4 is 23.2 Å². The summed E-state index contributed by atoms with van der Waals surface area (Å²) in [5.41, 5.74) is 3.27. The zero-order valence-electron chi connectivity index (χ0n) is 16.6. The average molecular weight is 430 g/mol. The van der Waals surface area contributed by atoms with Crippen LogP contribution in [0.25, 0.3) is 0 Å². The fourth-order valence-electron chi connectivity index (χ4n) is 2.97. The van der Waals surface area contributed by atoms with Crippen LogP contribution in [0.1, 0.15) is 36.6 Å². The highest BCUT2D eigenvalue weighted by molar-refractivity contribution is 6.35. The third kappa shape index (κ3) is 6.14. The van der Waals surface area contributed by atoms with Gasteiger partial charge in [-0.3, -0.25) is 0 Å². The maximum atomic E-state index is 6.24. The monoisotopic (exact) mass is 429 g/mol. The van der Waals surface area contributed by atoms with Gasteiger partial charge in [0.15, 0.2) is 11.5 Å². The smallest absolute Gasteiger partial charge is 0.161 e. The lowest BCUT2D eigenvalue weighted by atomic mass is 10.1. The third-order valence-corrected chi connectivity index (χ3v) is 5.21. The van der Waals surface area contributed by atoms with Crippen LogP contribution in [0.3, 0.4) is 0 Å². The fourth-order valence-corrected chi connectivity index (χ4v) is 3.44. The number of rotatable bonds is 9. The Morgan fingerprint density at radius 3 is 2.41 bits per heavy atom. The quantitative estimate of drug-likeness (QED) is 0.404. The molecule has 3 rings (SSSR count). The normalized spacial score (nSPS) is 11.9. The fraction of sp³-hybridized carbons (Fsp3) is 0.250. The summed E-state index contributed by atoms with van der Waals surface area (Å²) in [4.78, 5) is 0. The highest BCUT2D eigenvalue weighted by Crippen LogP contribution is 2.31. The van der Waals surface area contributed by atoms with Gasteiger partial charge in [-0.15, -0.1) is 0 Å². The lowest BCUT2D eigenvalue weighted by molar-refractivity contribution is 0.269. The van der Waals surface area contributed by atoms with Crippen molar-refractivity contribution in [1.82, 2.24) is 5.32 Å². The van der Waals surface area contributed by atoms with E-state index in [0.29, 0.717) is 29.0 Å². The van der Waals surface area contributed by atoms with Crippen molar-refractivity contribution in [3.63, 3.8) is 0 Å². The Kier molecular flexibility index (Phi) is 7.82. The Balaban J connectivity index is 1.66. The van der Waals surface area contributed by atoms with Crippen LogP contribution in [-0.4, -0.2) is 6.61 Å². The summed E-state index contributed by atoms with van der Waals surface area (Å²) in [5.74, 6) is 1.42. The Bertz CT molecular complexity index is 931. The van der Waals surface area contributed by atoms with E-state index in [1.54, 1.807) is 12.1 Å². The van der Waals surface area contributed by atoms with E-state index >= 15 is 0 Å². The van der Waals surface area contributed by atoms with E-state index in [9.17, 15) is 0 Å². The maximum absolute atomic E-state index is 6.24. The topological polar surface area (TPSA) is 30.5 Å². The predicted molar refractivity (Wildman–Crippen MR) is 120 cm³/mol. The second kappa shape index (κ2) is 10.5. The molecule has 0 spiro atoms. The van der Waals surface area contributed by atoms with Crippen molar-refractivity contribution < 1.29 is 9.47 Å². The Morgan fingerprint density at radius 1 is 0.897 bits per heavy atom. The molecule has 0 heterocycles. The van der Waals surface area contributed by atoms with Gasteiger partial charge in [0, 0.05) is 28.2 Å². The van der Waals surface area contributed by atoms with E-state index in [2.05, 4.69) is 36.5 Å². The van der Waals surface area contributed by atoms with Gasteiger partial charge in [-0.2, -0.15) is 0 Å². The molecule has 3 aromatic carbocycles. The molecule has 0 aliphatic carbocycles. The minimum Gasteiger partial charge on any atom is -0.490 e. The molecule has 0 fully saturated rings. The summed E-state index contributed by atoms with van der Waals surface area (Å²) in [6, 6.07) is 22.1. The Morgan fingerprint density at radius 2 is 1.69 bits per heavy atom. The van der Waals surface area contributed by atoms with E-state index in [-0.39, 0.29) is 6.04 Å². The molecule has 0 radical (unpaired) electrons. The van der Waals surface area contributed by atoms with Crippen LogP contribution in [0.15, 0.2) is 66.7 Å². The minimum atomic E-state index is 0.259. The van der Waals surface area contributed by atoms with Crippen molar-refractivity contribution in [2.75, 3.05) is 6.61 Å². The lowest BCUT2D eigenvalue weighted by Crippen LogP contribution is -2.18. The second-order valence-electron chi connectivity index (χ2n) is 6.75.